The van der Waals surface area contributed by atoms with Gasteiger partial charge in [-0.3, -0.25) is 14.4 Å². The van der Waals surface area contributed by atoms with E-state index in [0.717, 1.165) is 38.5 Å². The van der Waals surface area contributed by atoms with Crippen LogP contribution in [0.15, 0.2) is 6.20 Å². The Morgan fingerprint density at radius 3 is 1.72 bits per heavy atom. The molecule has 0 bridgehead atoms. The first-order valence-corrected chi connectivity index (χ1v) is 24.5. The van der Waals surface area contributed by atoms with Crippen LogP contribution in [0.3, 0.4) is 0 Å². The molecule has 60 heavy (non-hydrogen) atoms. The van der Waals surface area contributed by atoms with Crippen molar-refractivity contribution in [1.29, 1.82) is 0 Å². The van der Waals surface area contributed by atoms with Crippen LogP contribution >= 0.6 is 11.8 Å². The molecule has 0 spiro atoms. The Hall–Kier alpha value is -2.34. The zero-order valence-corrected chi connectivity index (χ0v) is 37.7. The van der Waals surface area contributed by atoms with Crippen molar-refractivity contribution in [3.05, 3.63) is 6.20 Å². The van der Waals surface area contributed by atoms with E-state index in [1.54, 1.807) is 0 Å². The quantitative estimate of drug-likeness (QED) is 0.0300. The van der Waals surface area contributed by atoms with Crippen molar-refractivity contribution < 1.29 is 49.0 Å². The first-order chi connectivity index (χ1) is 29.0. The maximum Gasteiger partial charge on any atom is 0.306 e. The summed E-state index contributed by atoms with van der Waals surface area (Å²) in [6, 6.07) is -0.957. The van der Waals surface area contributed by atoms with Gasteiger partial charge in [0.1, 0.15) is 37.1 Å². The molecule has 0 aliphatic carbocycles. The van der Waals surface area contributed by atoms with Gasteiger partial charge in [-0.05, 0) is 12.8 Å². The lowest BCUT2D eigenvalue weighted by Gasteiger charge is -2.20. The molecule has 0 radical (unpaired) electrons. The van der Waals surface area contributed by atoms with Crippen molar-refractivity contribution in [3.63, 3.8) is 0 Å². The fourth-order valence-corrected chi connectivity index (χ4v) is 8.17. The summed E-state index contributed by atoms with van der Waals surface area (Å²) < 4.78 is 17.6. The van der Waals surface area contributed by atoms with E-state index in [1.807, 2.05) is 0 Å². The smallest absolute Gasteiger partial charge is 0.306 e. The number of rotatable bonds is 38. The number of hydrogen-bond acceptors (Lipinski definition) is 14. The number of amides is 1. The number of carbonyl (C=O) groups is 3. The van der Waals surface area contributed by atoms with Crippen molar-refractivity contribution in [3.8, 4) is 0 Å². The normalized spacial score (nSPS) is 19.2. The Morgan fingerprint density at radius 2 is 1.23 bits per heavy atom. The number of aromatic nitrogens is 3. The summed E-state index contributed by atoms with van der Waals surface area (Å²) >= 11 is 1.31. The van der Waals surface area contributed by atoms with Crippen molar-refractivity contribution >= 4 is 35.4 Å². The van der Waals surface area contributed by atoms with Crippen LogP contribution in [0.25, 0.3) is 0 Å². The monoisotopic (exact) mass is 872 g/mol. The third-order valence-electron chi connectivity index (χ3n) is 11.0. The number of hydrogen-bond donors (Lipinski definition) is 6. The van der Waals surface area contributed by atoms with Crippen LogP contribution < -0.4 is 11.1 Å². The number of thioether (sulfide) groups is 1. The van der Waals surface area contributed by atoms with Gasteiger partial charge in [-0.25, -0.2) is 4.68 Å². The minimum Gasteiger partial charge on any atom is -0.462 e. The second-order valence-electron chi connectivity index (χ2n) is 16.6. The number of unbranched alkanes of at least 4 members (excludes halogenated alkanes) is 22. The highest BCUT2D eigenvalue weighted by Gasteiger charge is 2.45. The van der Waals surface area contributed by atoms with Crippen molar-refractivity contribution in [2.45, 2.75) is 230 Å². The van der Waals surface area contributed by atoms with Gasteiger partial charge in [0.2, 0.25) is 5.91 Å². The molecule has 348 valence electrons. The van der Waals surface area contributed by atoms with E-state index in [0.29, 0.717) is 12.8 Å². The summed E-state index contributed by atoms with van der Waals surface area (Å²) in [5.74, 6) is -0.645. The molecule has 7 N–H and O–H groups in total. The van der Waals surface area contributed by atoms with Crippen LogP contribution in [-0.4, -0.2) is 114 Å². The van der Waals surface area contributed by atoms with Gasteiger partial charge in [-0.1, -0.05) is 160 Å². The Labute approximate surface area is 364 Å². The Kier molecular flexibility index (Phi) is 30.6. The van der Waals surface area contributed by atoms with Gasteiger partial charge >= 0.3 is 11.9 Å². The summed E-state index contributed by atoms with van der Waals surface area (Å²) in [5.41, 5.74) is 6.17. The average Bonchev–Trinajstić information content (AvgIpc) is 3.78. The predicted octanol–water partition coefficient (Wildman–Crippen LogP) is 6.71. The molecule has 2 rings (SSSR count). The number of ether oxygens (including phenoxy) is 3. The lowest BCUT2D eigenvalue weighted by atomic mass is 10.0. The van der Waals surface area contributed by atoms with E-state index < -0.39 is 48.8 Å². The van der Waals surface area contributed by atoms with Gasteiger partial charge < -0.3 is 45.7 Å². The van der Waals surface area contributed by atoms with Gasteiger partial charge in [-0.2, -0.15) is 11.8 Å². The molecule has 1 aromatic rings. The van der Waals surface area contributed by atoms with E-state index >= 15 is 0 Å². The average molecular weight is 872 g/mol. The second kappa shape index (κ2) is 34.2. The summed E-state index contributed by atoms with van der Waals surface area (Å²) in [5, 5.41) is 50.0. The lowest BCUT2D eigenvalue weighted by molar-refractivity contribution is -0.157. The van der Waals surface area contributed by atoms with Crippen LogP contribution in [0.5, 0.6) is 0 Å². The maximum atomic E-state index is 12.8. The highest BCUT2D eigenvalue weighted by Crippen LogP contribution is 2.23. The third-order valence-corrected chi connectivity index (χ3v) is 12.2. The van der Waals surface area contributed by atoms with Gasteiger partial charge in [0.05, 0.1) is 18.8 Å². The molecule has 1 aliphatic heterocycles. The first-order valence-electron chi connectivity index (χ1n) is 23.3. The highest BCUT2D eigenvalue weighted by molar-refractivity contribution is 7.99. The number of aliphatic hydroxyl groups excluding tert-OH is 4. The molecular weight excluding hydrogens is 791 g/mol. The van der Waals surface area contributed by atoms with Gasteiger partial charge in [0.25, 0.3) is 0 Å². The largest absolute Gasteiger partial charge is 0.462 e. The van der Waals surface area contributed by atoms with Crippen molar-refractivity contribution in [2.75, 3.05) is 23.4 Å². The predicted molar refractivity (Wildman–Crippen MR) is 235 cm³/mol. The van der Waals surface area contributed by atoms with Crippen molar-refractivity contribution in [2.24, 2.45) is 5.73 Å². The summed E-state index contributed by atoms with van der Waals surface area (Å²) in [6.45, 7) is 4.21. The van der Waals surface area contributed by atoms with Crippen LogP contribution in [0, 0.1) is 0 Å². The van der Waals surface area contributed by atoms with E-state index in [-0.39, 0.29) is 42.4 Å². The Morgan fingerprint density at radius 1 is 0.750 bits per heavy atom. The number of nitrogens with two attached hydrogens (primary N) is 1. The minimum atomic E-state index is -1.63. The summed E-state index contributed by atoms with van der Waals surface area (Å²) in [4.78, 5) is 38.3. The molecule has 2 heterocycles. The van der Waals surface area contributed by atoms with E-state index in [2.05, 4.69) is 29.5 Å². The van der Waals surface area contributed by atoms with E-state index in [4.69, 9.17) is 19.9 Å². The minimum absolute atomic E-state index is 0.0640. The van der Waals surface area contributed by atoms with E-state index in [9.17, 15) is 34.8 Å². The number of nitrogens with zero attached hydrogens (tertiary/aromatic N) is 3. The molecular formula is C44H81N5O10S. The molecule has 0 saturated carbocycles. The molecule has 2 unspecified atom stereocenters. The van der Waals surface area contributed by atoms with Crippen LogP contribution in [-0.2, 0) is 35.1 Å². The zero-order valence-electron chi connectivity index (χ0n) is 36.9. The third kappa shape index (κ3) is 24.9. The van der Waals surface area contributed by atoms with E-state index in [1.165, 1.54) is 138 Å². The molecule has 7 atom stereocenters. The molecule has 1 aromatic heterocycles. The topological polar surface area (TPSA) is 229 Å². The van der Waals surface area contributed by atoms with Crippen molar-refractivity contribution in [1.82, 2.24) is 15.0 Å². The SMILES string of the molecule is CCCCCCCCCCCCCCC(=O)OC[C@H](CSC[C@@H](N)C(=O)Nc1cn(C[C@H](O)C2OC(O)[C@@H](O)[C@@H]2O)nn1)OC(=O)CCCCCCCCCCCCCC. The molecule has 1 aliphatic rings. The molecule has 1 saturated heterocycles. The standard InChI is InChI=1S/C44H81N5O10S/c1-3-5-7-9-11-13-15-17-19-21-23-25-27-38(51)57-31-34(58-39(52)28-26-24-22-20-18-16-14-12-10-8-6-4-2)32-60-33-35(45)43(55)46-37-30-49(48-47-37)29-36(50)42-40(53)41(54)44(56)59-42/h30,34-36,40-42,44,50,53-54,56H,3-29,31-33,45H2,1-2H3,(H,46,55)/t34-,35-,36+,40+,41+,42?,44?/m1/s1. The zero-order chi connectivity index (χ0) is 43.8. The Bertz CT molecular complexity index is 1260. The first kappa shape index (κ1) is 53.8. The number of esters is 2. The Balaban J connectivity index is 1.73. The summed E-state index contributed by atoms with van der Waals surface area (Å²) in [6.07, 6.45) is 22.9. The fraction of sp³-hybridized carbons (Fsp3) is 0.886. The molecule has 15 nitrogen and oxygen atoms in total. The number of anilines is 1. The number of aliphatic hydroxyl groups is 4. The number of carbonyl (C=O) groups excluding carboxylic acids is 3. The van der Waals surface area contributed by atoms with Crippen LogP contribution in [0.2, 0.25) is 0 Å². The molecule has 1 fully saturated rings. The van der Waals surface area contributed by atoms with Crippen LogP contribution in [0.1, 0.15) is 181 Å². The molecule has 1 amide bonds. The maximum absolute atomic E-state index is 12.8. The lowest BCUT2D eigenvalue weighted by Crippen LogP contribution is -2.40. The van der Waals surface area contributed by atoms with Crippen LogP contribution in [0.4, 0.5) is 5.82 Å². The summed E-state index contributed by atoms with van der Waals surface area (Å²) in [7, 11) is 0. The fourth-order valence-electron chi connectivity index (χ4n) is 7.20. The van der Waals surface area contributed by atoms with Gasteiger partial charge in [0.15, 0.2) is 12.1 Å². The molecule has 16 heteroatoms. The number of nitrogens with one attached hydrogen (secondary N) is 1. The second-order valence-corrected chi connectivity index (χ2v) is 17.6. The van der Waals surface area contributed by atoms with Gasteiger partial charge in [-0.15, -0.1) is 5.10 Å². The van der Waals surface area contributed by atoms with Gasteiger partial charge in [0, 0.05) is 24.3 Å². The highest BCUT2D eigenvalue weighted by atomic mass is 32.2. The molecule has 0 aromatic carbocycles.